The molecule has 2 aromatic carbocycles. The van der Waals surface area contributed by atoms with Crippen LogP contribution in [0.5, 0.6) is 0 Å². The topological polar surface area (TPSA) is 22.8 Å². The molecular formula is C19H18ClN3. The number of imidazole rings is 1. The summed E-state index contributed by atoms with van der Waals surface area (Å²) in [6.07, 6.45) is 7.95. The molecule has 0 bridgehead atoms. The molecule has 0 unspecified atom stereocenters. The smallest absolute Gasteiger partial charge is 0.0949 e. The van der Waals surface area contributed by atoms with Gasteiger partial charge in [0.05, 0.1) is 12.9 Å². The first-order chi connectivity index (χ1) is 10.9. The zero-order chi connectivity index (χ0) is 14.8. The first kappa shape index (κ1) is 15.4. The van der Waals surface area contributed by atoms with Crippen molar-refractivity contribution in [2.24, 2.45) is 0 Å². The fourth-order valence-corrected chi connectivity index (χ4v) is 2.94. The fourth-order valence-electron chi connectivity index (χ4n) is 2.94. The van der Waals surface area contributed by atoms with Crippen molar-refractivity contribution in [3.63, 3.8) is 0 Å². The van der Waals surface area contributed by atoms with Crippen LogP contribution in [0.4, 0.5) is 0 Å². The normalized spacial score (nSPS) is 10.6. The van der Waals surface area contributed by atoms with E-state index in [1.165, 1.54) is 22.0 Å². The molecule has 0 atom stereocenters. The van der Waals surface area contributed by atoms with Gasteiger partial charge in [0, 0.05) is 36.0 Å². The van der Waals surface area contributed by atoms with E-state index in [1.807, 2.05) is 18.7 Å². The lowest BCUT2D eigenvalue weighted by Gasteiger charge is -2.05. The Morgan fingerprint density at radius 3 is 2.43 bits per heavy atom. The summed E-state index contributed by atoms with van der Waals surface area (Å²) in [6.45, 7) is 1.74. The second kappa shape index (κ2) is 6.71. The summed E-state index contributed by atoms with van der Waals surface area (Å²) in [7, 11) is 0. The van der Waals surface area contributed by atoms with Crippen LogP contribution in [0, 0.1) is 0 Å². The van der Waals surface area contributed by atoms with E-state index >= 15 is 0 Å². The molecule has 2 aromatic heterocycles. The number of benzene rings is 2. The molecule has 0 aliphatic heterocycles. The van der Waals surface area contributed by atoms with Gasteiger partial charge < -0.3 is 9.13 Å². The second-order valence-corrected chi connectivity index (χ2v) is 5.52. The van der Waals surface area contributed by atoms with Crippen molar-refractivity contribution >= 4 is 23.3 Å². The summed E-state index contributed by atoms with van der Waals surface area (Å²) in [6, 6.07) is 19.2. The van der Waals surface area contributed by atoms with Crippen molar-refractivity contribution in [1.82, 2.24) is 14.1 Å². The average Bonchev–Trinajstić information content (AvgIpc) is 3.18. The molecule has 3 nitrogen and oxygen atoms in total. The molecule has 0 saturated carbocycles. The summed E-state index contributed by atoms with van der Waals surface area (Å²) >= 11 is 0. The third-order valence-corrected chi connectivity index (χ3v) is 3.98. The summed E-state index contributed by atoms with van der Waals surface area (Å²) < 4.78 is 4.44. The average molecular weight is 324 g/mol. The first-order valence-electron chi connectivity index (χ1n) is 7.46. The molecule has 0 radical (unpaired) electrons. The first-order valence-corrected chi connectivity index (χ1v) is 7.46. The third-order valence-electron chi connectivity index (χ3n) is 3.98. The highest BCUT2D eigenvalue weighted by atomic mass is 35.5. The molecule has 0 amide bonds. The van der Waals surface area contributed by atoms with E-state index in [0.717, 1.165) is 13.1 Å². The number of aromatic nitrogens is 3. The van der Waals surface area contributed by atoms with Gasteiger partial charge in [0.1, 0.15) is 0 Å². The Morgan fingerprint density at radius 2 is 1.65 bits per heavy atom. The lowest BCUT2D eigenvalue weighted by atomic mass is 10.2. The number of nitrogens with zero attached hydrogens (tertiary/aromatic N) is 3. The van der Waals surface area contributed by atoms with Crippen LogP contribution in [0.1, 0.15) is 11.1 Å². The minimum Gasteiger partial charge on any atom is -0.343 e. The molecule has 116 valence electrons. The van der Waals surface area contributed by atoms with Gasteiger partial charge in [-0.3, -0.25) is 0 Å². The molecule has 0 aliphatic rings. The Balaban J connectivity index is 0.00000156. The van der Waals surface area contributed by atoms with Crippen molar-refractivity contribution < 1.29 is 0 Å². The predicted octanol–water partition coefficient (Wildman–Crippen LogP) is 4.36. The molecule has 0 saturated heterocycles. The van der Waals surface area contributed by atoms with E-state index in [4.69, 9.17) is 0 Å². The minimum atomic E-state index is 0. The largest absolute Gasteiger partial charge is 0.343 e. The van der Waals surface area contributed by atoms with Gasteiger partial charge in [-0.2, -0.15) is 0 Å². The second-order valence-electron chi connectivity index (χ2n) is 5.52. The van der Waals surface area contributed by atoms with Gasteiger partial charge in [-0.25, -0.2) is 4.98 Å². The lowest BCUT2D eigenvalue weighted by Crippen LogP contribution is -1.98. The predicted molar refractivity (Wildman–Crippen MR) is 96.1 cm³/mol. The van der Waals surface area contributed by atoms with E-state index in [0.29, 0.717) is 0 Å². The van der Waals surface area contributed by atoms with E-state index < -0.39 is 0 Å². The molecule has 23 heavy (non-hydrogen) atoms. The monoisotopic (exact) mass is 323 g/mol. The Kier molecular flexibility index (Phi) is 4.49. The van der Waals surface area contributed by atoms with E-state index in [1.54, 1.807) is 0 Å². The maximum atomic E-state index is 4.13. The van der Waals surface area contributed by atoms with Crippen molar-refractivity contribution in [2.75, 3.05) is 0 Å². The molecular weight excluding hydrogens is 306 g/mol. The summed E-state index contributed by atoms with van der Waals surface area (Å²) in [5, 5.41) is 1.31. The van der Waals surface area contributed by atoms with Crippen molar-refractivity contribution in [3.05, 3.63) is 90.6 Å². The summed E-state index contributed by atoms with van der Waals surface area (Å²) in [5.74, 6) is 0. The number of para-hydroxylation sites is 1. The van der Waals surface area contributed by atoms with Crippen LogP contribution < -0.4 is 0 Å². The van der Waals surface area contributed by atoms with E-state index in [-0.39, 0.29) is 12.4 Å². The SMILES string of the molecule is Cl.c1ccc(Cn2cc(Cn3ccnc3)c3ccccc32)cc1. The van der Waals surface area contributed by atoms with Gasteiger partial charge >= 0.3 is 0 Å². The number of halogens is 1. The number of rotatable bonds is 4. The highest BCUT2D eigenvalue weighted by Gasteiger charge is 2.08. The Labute approximate surface area is 141 Å². The van der Waals surface area contributed by atoms with Crippen LogP contribution in [-0.2, 0) is 13.1 Å². The molecule has 0 N–H and O–H groups in total. The fraction of sp³-hybridized carbons (Fsp3) is 0.105. The zero-order valence-electron chi connectivity index (χ0n) is 12.7. The van der Waals surface area contributed by atoms with Crippen molar-refractivity contribution in [3.8, 4) is 0 Å². The maximum Gasteiger partial charge on any atom is 0.0949 e. The molecule has 0 aliphatic carbocycles. The molecule has 4 aromatic rings. The van der Waals surface area contributed by atoms with Crippen LogP contribution in [-0.4, -0.2) is 14.1 Å². The van der Waals surface area contributed by atoms with Crippen LogP contribution in [0.3, 0.4) is 0 Å². The summed E-state index contributed by atoms with van der Waals surface area (Å²) in [5.41, 5.74) is 3.92. The molecule has 0 fully saturated rings. The number of hydrogen-bond donors (Lipinski definition) is 0. The highest BCUT2D eigenvalue weighted by molar-refractivity contribution is 5.85. The van der Waals surface area contributed by atoms with Crippen LogP contribution in [0.25, 0.3) is 10.9 Å². The molecule has 2 heterocycles. The summed E-state index contributed by atoms with van der Waals surface area (Å²) in [4.78, 5) is 4.13. The zero-order valence-corrected chi connectivity index (χ0v) is 13.5. The van der Waals surface area contributed by atoms with Crippen LogP contribution in [0.15, 0.2) is 79.5 Å². The lowest BCUT2D eigenvalue weighted by molar-refractivity contribution is 0.783. The van der Waals surface area contributed by atoms with Crippen molar-refractivity contribution in [1.29, 1.82) is 0 Å². The van der Waals surface area contributed by atoms with Gasteiger partial charge in [-0.05, 0) is 17.2 Å². The Morgan fingerprint density at radius 1 is 0.870 bits per heavy atom. The van der Waals surface area contributed by atoms with Gasteiger partial charge in [0.15, 0.2) is 0 Å². The standard InChI is InChI=1S/C19H17N3.ClH/c1-2-6-16(7-3-1)12-22-14-17(13-21-11-10-20-15-21)18-8-4-5-9-19(18)22;/h1-11,14-15H,12-13H2;1H. The highest BCUT2D eigenvalue weighted by Crippen LogP contribution is 2.23. The number of fused-ring (bicyclic) bond motifs is 1. The van der Waals surface area contributed by atoms with E-state index in [2.05, 4.69) is 74.9 Å². The van der Waals surface area contributed by atoms with Crippen LogP contribution >= 0.6 is 12.4 Å². The van der Waals surface area contributed by atoms with Gasteiger partial charge in [0.25, 0.3) is 0 Å². The Hall–Kier alpha value is -2.52. The van der Waals surface area contributed by atoms with E-state index in [9.17, 15) is 0 Å². The van der Waals surface area contributed by atoms with Crippen LogP contribution in [0.2, 0.25) is 0 Å². The maximum absolute atomic E-state index is 4.13. The minimum absolute atomic E-state index is 0. The quantitative estimate of drug-likeness (QED) is 0.547. The molecule has 0 spiro atoms. The van der Waals surface area contributed by atoms with Gasteiger partial charge in [-0.15, -0.1) is 12.4 Å². The third kappa shape index (κ3) is 3.15. The molecule has 4 rings (SSSR count). The van der Waals surface area contributed by atoms with Crippen molar-refractivity contribution in [2.45, 2.75) is 13.1 Å². The van der Waals surface area contributed by atoms with Gasteiger partial charge in [0.2, 0.25) is 0 Å². The Bertz CT molecular complexity index is 880. The molecule has 4 heteroatoms. The van der Waals surface area contributed by atoms with Gasteiger partial charge in [-0.1, -0.05) is 48.5 Å². The number of hydrogen-bond acceptors (Lipinski definition) is 1.